The molecule has 0 amide bonds. The average Bonchev–Trinajstić information content (AvgIpc) is 2.88. The first-order valence-electron chi connectivity index (χ1n) is 6.81. The molecule has 2 nitrogen and oxygen atoms in total. The maximum atomic E-state index is 12.8. The van der Waals surface area contributed by atoms with Gasteiger partial charge < -0.3 is 4.74 Å². The van der Waals surface area contributed by atoms with Crippen LogP contribution in [0.5, 0.6) is 0 Å². The summed E-state index contributed by atoms with van der Waals surface area (Å²) in [5.41, 5.74) is 0.721. The molecular formula is C15H16ClIO2S. The Hall–Kier alpha value is 0.220. The van der Waals surface area contributed by atoms with Gasteiger partial charge in [0.25, 0.3) is 0 Å². The van der Waals surface area contributed by atoms with E-state index < -0.39 is 0 Å². The van der Waals surface area contributed by atoms with Crippen molar-refractivity contribution in [3.05, 3.63) is 32.4 Å². The van der Waals surface area contributed by atoms with Crippen LogP contribution in [0.15, 0.2) is 18.2 Å². The first-order chi connectivity index (χ1) is 9.60. The van der Waals surface area contributed by atoms with Crippen LogP contribution in [0.3, 0.4) is 0 Å². The number of hydrogen-bond acceptors (Lipinski definition) is 3. The van der Waals surface area contributed by atoms with Gasteiger partial charge in [0.2, 0.25) is 0 Å². The van der Waals surface area contributed by atoms with Crippen LogP contribution in [0.2, 0.25) is 5.02 Å². The summed E-state index contributed by atoms with van der Waals surface area (Å²) < 4.78 is 6.98. The minimum Gasteiger partial charge on any atom is -0.374 e. The number of hydrogen-bond donors (Lipinski definition) is 0. The van der Waals surface area contributed by atoms with E-state index in [9.17, 15) is 4.79 Å². The Morgan fingerprint density at radius 3 is 3.10 bits per heavy atom. The van der Waals surface area contributed by atoms with Crippen LogP contribution in [0.1, 0.15) is 29.6 Å². The molecule has 2 aliphatic rings. The molecule has 0 saturated carbocycles. The first-order valence-corrected chi connectivity index (χ1v) is 9.42. The van der Waals surface area contributed by atoms with Gasteiger partial charge in [-0.25, -0.2) is 0 Å². The molecule has 2 aliphatic heterocycles. The predicted octanol–water partition coefficient (Wildman–Crippen LogP) is 4.43. The molecule has 2 saturated heterocycles. The van der Waals surface area contributed by atoms with Gasteiger partial charge >= 0.3 is 0 Å². The first kappa shape index (κ1) is 15.1. The summed E-state index contributed by atoms with van der Waals surface area (Å²) in [6.45, 7) is 0.702. The quantitative estimate of drug-likeness (QED) is 0.521. The van der Waals surface area contributed by atoms with Crippen LogP contribution in [0.25, 0.3) is 0 Å². The number of carbonyl (C=O) groups excluding carboxylic acids is 1. The third kappa shape index (κ3) is 3.03. The normalized spacial score (nSPS) is 29.8. The predicted molar refractivity (Wildman–Crippen MR) is 91.8 cm³/mol. The van der Waals surface area contributed by atoms with Crippen LogP contribution in [-0.4, -0.2) is 29.5 Å². The fraction of sp³-hybridized carbons (Fsp3) is 0.533. The van der Waals surface area contributed by atoms with Crippen LogP contribution in [0.4, 0.5) is 0 Å². The number of thioether (sulfide) groups is 1. The second-order valence-electron chi connectivity index (χ2n) is 5.51. The molecule has 2 heterocycles. The van der Waals surface area contributed by atoms with Crippen molar-refractivity contribution in [3.8, 4) is 0 Å². The van der Waals surface area contributed by atoms with E-state index >= 15 is 0 Å². The average molecular weight is 423 g/mol. The highest BCUT2D eigenvalue weighted by atomic mass is 127. The zero-order chi connectivity index (χ0) is 14.2. The van der Waals surface area contributed by atoms with Crippen molar-refractivity contribution in [2.24, 2.45) is 5.92 Å². The Morgan fingerprint density at radius 1 is 1.50 bits per heavy atom. The molecule has 2 fully saturated rings. The summed E-state index contributed by atoms with van der Waals surface area (Å²) in [5.74, 6) is 2.49. The second kappa shape index (κ2) is 6.15. The van der Waals surface area contributed by atoms with E-state index in [0.717, 1.165) is 39.9 Å². The summed E-state index contributed by atoms with van der Waals surface area (Å²) in [6, 6.07) is 5.55. The standard InChI is InChI=1S/C15H16ClIO2S/c16-11-1-2-13(17)12(7-11)14(18)10-3-5-19-15(8-10)4-6-20-9-15/h1-2,7,10H,3-6,8-9H2. The van der Waals surface area contributed by atoms with E-state index in [1.807, 2.05) is 23.9 Å². The van der Waals surface area contributed by atoms with E-state index in [4.69, 9.17) is 16.3 Å². The van der Waals surface area contributed by atoms with Gasteiger partial charge in [-0.1, -0.05) is 11.6 Å². The number of rotatable bonds is 2. The molecule has 0 aliphatic carbocycles. The molecule has 1 aromatic rings. The third-order valence-corrected chi connectivity index (χ3v) is 6.52. The summed E-state index contributed by atoms with van der Waals surface area (Å²) >= 11 is 10.2. The van der Waals surface area contributed by atoms with Gasteiger partial charge in [0, 0.05) is 32.4 Å². The summed E-state index contributed by atoms with van der Waals surface area (Å²) in [5, 5.41) is 0.631. The summed E-state index contributed by atoms with van der Waals surface area (Å²) in [4.78, 5) is 12.8. The maximum Gasteiger partial charge on any atom is 0.167 e. The van der Waals surface area contributed by atoms with Crippen LogP contribution < -0.4 is 0 Å². The lowest BCUT2D eigenvalue weighted by Gasteiger charge is -2.37. The van der Waals surface area contributed by atoms with Gasteiger partial charge in [-0.05, 0) is 65.8 Å². The summed E-state index contributed by atoms with van der Waals surface area (Å²) in [7, 11) is 0. The highest BCUT2D eigenvalue weighted by Gasteiger charge is 2.42. The number of halogens is 2. The Balaban J connectivity index is 1.81. The van der Waals surface area contributed by atoms with E-state index in [0.29, 0.717) is 11.6 Å². The minimum atomic E-state index is -0.0484. The van der Waals surface area contributed by atoms with Crippen molar-refractivity contribution < 1.29 is 9.53 Å². The summed E-state index contributed by atoms with van der Waals surface area (Å²) in [6.07, 6.45) is 2.77. The van der Waals surface area contributed by atoms with Crippen molar-refractivity contribution >= 4 is 51.7 Å². The second-order valence-corrected chi connectivity index (χ2v) is 8.22. The van der Waals surface area contributed by atoms with E-state index in [1.165, 1.54) is 0 Å². The molecule has 0 radical (unpaired) electrons. The Labute approximate surface area is 142 Å². The van der Waals surface area contributed by atoms with Crippen LogP contribution >= 0.6 is 46.0 Å². The van der Waals surface area contributed by atoms with Gasteiger partial charge in [0.15, 0.2) is 5.78 Å². The lowest BCUT2D eigenvalue weighted by molar-refractivity contribution is -0.0734. The lowest BCUT2D eigenvalue weighted by Crippen LogP contribution is -2.42. The highest BCUT2D eigenvalue weighted by molar-refractivity contribution is 14.1. The smallest absolute Gasteiger partial charge is 0.167 e. The monoisotopic (exact) mass is 422 g/mol. The maximum absolute atomic E-state index is 12.8. The lowest BCUT2D eigenvalue weighted by atomic mass is 9.81. The van der Waals surface area contributed by atoms with E-state index in [1.54, 1.807) is 6.07 Å². The van der Waals surface area contributed by atoms with Gasteiger partial charge in [0.05, 0.1) is 5.60 Å². The molecule has 20 heavy (non-hydrogen) atoms. The molecule has 5 heteroatoms. The molecule has 108 valence electrons. The number of benzene rings is 1. The Bertz CT molecular complexity index is 529. The Kier molecular flexibility index (Phi) is 4.65. The molecule has 0 aromatic heterocycles. The van der Waals surface area contributed by atoms with Crippen molar-refractivity contribution in [2.45, 2.75) is 24.9 Å². The molecule has 0 bridgehead atoms. The molecule has 1 aromatic carbocycles. The number of carbonyl (C=O) groups is 1. The van der Waals surface area contributed by atoms with E-state index in [-0.39, 0.29) is 17.3 Å². The van der Waals surface area contributed by atoms with Crippen LogP contribution in [-0.2, 0) is 4.74 Å². The topological polar surface area (TPSA) is 26.3 Å². The fourth-order valence-corrected chi connectivity index (χ4v) is 5.17. The Morgan fingerprint density at radius 2 is 2.35 bits per heavy atom. The van der Waals surface area contributed by atoms with Crippen molar-refractivity contribution in [1.82, 2.24) is 0 Å². The highest BCUT2D eigenvalue weighted by Crippen LogP contribution is 2.41. The van der Waals surface area contributed by atoms with Crippen molar-refractivity contribution in [2.75, 3.05) is 18.1 Å². The fourth-order valence-electron chi connectivity index (χ4n) is 3.02. The SMILES string of the molecule is O=C(c1cc(Cl)ccc1I)C1CCOC2(CCSC2)C1. The molecular weight excluding hydrogens is 407 g/mol. The van der Waals surface area contributed by atoms with Gasteiger partial charge in [-0.15, -0.1) is 0 Å². The van der Waals surface area contributed by atoms with Crippen molar-refractivity contribution in [1.29, 1.82) is 0 Å². The van der Waals surface area contributed by atoms with Crippen molar-refractivity contribution in [3.63, 3.8) is 0 Å². The molecule has 2 unspecified atom stereocenters. The van der Waals surface area contributed by atoms with Gasteiger partial charge in [-0.3, -0.25) is 4.79 Å². The van der Waals surface area contributed by atoms with Gasteiger partial charge in [-0.2, -0.15) is 11.8 Å². The van der Waals surface area contributed by atoms with Gasteiger partial charge in [0.1, 0.15) is 0 Å². The number of ether oxygens (including phenoxy) is 1. The minimum absolute atomic E-state index is 0.0484. The molecule has 1 spiro atoms. The number of Topliss-reactive ketones (excluding diaryl/α,β-unsaturated/α-hetero) is 1. The molecule has 2 atom stereocenters. The number of ketones is 1. The zero-order valence-corrected chi connectivity index (χ0v) is 14.8. The van der Waals surface area contributed by atoms with Crippen LogP contribution in [0, 0.1) is 9.49 Å². The molecule has 0 N–H and O–H groups in total. The molecule has 3 rings (SSSR count). The zero-order valence-electron chi connectivity index (χ0n) is 11.0. The van der Waals surface area contributed by atoms with E-state index in [2.05, 4.69) is 22.6 Å². The third-order valence-electron chi connectivity index (χ3n) is 4.12. The largest absolute Gasteiger partial charge is 0.374 e.